The fraction of sp³-hybridized carbons (Fsp3) is 0.0667. The van der Waals surface area contributed by atoms with E-state index in [-0.39, 0.29) is 22.6 Å². The van der Waals surface area contributed by atoms with Crippen molar-refractivity contribution in [1.82, 2.24) is 5.43 Å². The number of rotatable bonds is 10. The predicted octanol–water partition coefficient (Wildman–Crippen LogP) is 5.99. The first kappa shape index (κ1) is 29.6. The molecule has 0 saturated heterocycles. The summed E-state index contributed by atoms with van der Waals surface area (Å²) in [6.45, 7) is 2.13. The smallest absolute Gasteiger partial charge is 0.343 e. The molecule has 0 atom stereocenters. The summed E-state index contributed by atoms with van der Waals surface area (Å²) < 4.78 is 12.0. The van der Waals surface area contributed by atoms with E-state index in [1.54, 1.807) is 67.6 Å². The number of nitrogens with zero attached hydrogens (tertiary/aromatic N) is 2. The van der Waals surface area contributed by atoms with Gasteiger partial charge in [-0.2, -0.15) is 5.10 Å². The third-order valence-electron chi connectivity index (χ3n) is 5.65. The van der Waals surface area contributed by atoms with E-state index in [0.717, 1.165) is 4.47 Å². The van der Waals surface area contributed by atoms with Gasteiger partial charge in [0.15, 0.2) is 11.5 Å². The van der Waals surface area contributed by atoms with Crippen LogP contribution in [0, 0.1) is 10.1 Å². The first-order valence-electron chi connectivity index (χ1n) is 12.5. The molecular formula is C30H23BrN4O7. The molecule has 0 unspecified atom stereocenters. The van der Waals surface area contributed by atoms with Crippen LogP contribution in [0.1, 0.15) is 43.6 Å². The van der Waals surface area contributed by atoms with E-state index in [1.807, 2.05) is 0 Å². The summed E-state index contributed by atoms with van der Waals surface area (Å²) in [7, 11) is 0. The summed E-state index contributed by atoms with van der Waals surface area (Å²) >= 11 is 3.33. The standard InChI is InChI=1S/C30H23BrN4O7/c1-2-41-27-16-19(6-15-26(27)42-30(38)21-7-11-23(31)12-8-21)18-32-34-29(37)22-4-3-5-24(17-22)33-28(36)20-9-13-25(14-10-20)35(39)40/h3-18H,2H2,1H3,(H,33,36)(H,34,37). The van der Waals surface area contributed by atoms with Crippen molar-refractivity contribution in [2.75, 3.05) is 11.9 Å². The van der Waals surface area contributed by atoms with Crippen molar-refractivity contribution in [2.45, 2.75) is 6.92 Å². The molecule has 0 fully saturated rings. The van der Waals surface area contributed by atoms with Gasteiger partial charge in [0.2, 0.25) is 0 Å². The van der Waals surface area contributed by atoms with Crippen LogP contribution in [0.25, 0.3) is 0 Å². The van der Waals surface area contributed by atoms with Crippen LogP contribution in [0.4, 0.5) is 11.4 Å². The van der Waals surface area contributed by atoms with E-state index in [4.69, 9.17) is 9.47 Å². The Morgan fingerprint density at radius 2 is 1.60 bits per heavy atom. The molecule has 0 bridgehead atoms. The number of nitro benzene ring substituents is 1. The molecule has 2 amide bonds. The van der Waals surface area contributed by atoms with Gasteiger partial charge in [0.05, 0.1) is 23.3 Å². The van der Waals surface area contributed by atoms with Crippen LogP contribution in [0.5, 0.6) is 11.5 Å². The molecule has 4 rings (SSSR count). The van der Waals surface area contributed by atoms with Gasteiger partial charge in [-0.3, -0.25) is 19.7 Å². The lowest BCUT2D eigenvalue weighted by Gasteiger charge is -2.11. The van der Waals surface area contributed by atoms with E-state index in [2.05, 4.69) is 31.8 Å². The zero-order chi connectivity index (χ0) is 30.1. The van der Waals surface area contributed by atoms with Gasteiger partial charge in [0.1, 0.15) is 0 Å². The minimum atomic E-state index is -0.553. The normalized spacial score (nSPS) is 10.6. The Morgan fingerprint density at radius 3 is 2.29 bits per heavy atom. The number of esters is 1. The number of nitro groups is 1. The zero-order valence-electron chi connectivity index (χ0n) is 22.1. The minimum absolute atomic E-state index is 0.129. The summed E-state index contributed by atoms with van der Waals surface area (Å²) in [5.41, 5.74) is 4.06. The van der Waals surface area contributed by atoms with Crippen molar-refractivity contribution in [3.8, 4) is 11.5 Å². The first-order chi connectivity index (χ1) is 20.2. The molecule has 0 radical (unpaired) electrons. The van der Waals surface area contributed by atoms with Crippen molar-refractivity contribution in [1.29, 1.82) is 0 Å². The Hall–Kier alpha value is -5.36. The van der Waals surface area contributed by atoms with Crippen molar-refractivity contribution < 1.29 is 28.8 Å². The maximum atomic E-state index is 12.7. The highest BCUT2D eigenvalue weighted by atomic mass is 79.9. The fourth-order valence-electron chi connectivity index (χ4n) is 3.61. The second-order valence-corrected chi connectivity index (χ2v) is 9.49. The number of non-ortho nitro benzene ring substituents is 1. The van der Waals surface area contributed by atoms with Crippen LogP contribution in [-0.4, -0.2) is 35.5 Å². The third kappa shape index (κ3) is 7.86. The van der Waals surface area contributed by atoms with Crippen molar-refractivity contribution >= 4 is 51.3 Å². The molecule has 0 aromatic heterocycles. The Balaban J connectivity index is 1.38. The highest BCUT2D eigenvalue weighted by Crippen LogP contribution is 2.29. The van der Waals surface area contributed by atoms with Crippen LogP contribution < -0.4 is 20.2 Å². The molecule has 11 nitrogen and oxygen atoms in total. The number of amides is 2. The molecule has 0 saturated carbocycles. The van der Waals surface area contributed by atoms with Gasteiger partial charge in [0, 0.05) is 33.4 Å². The van der Waals surface area contributed by atoms with Crippen molar-refractivity contribution in [3.05, 3.63) is 128 Å². The van der Waals surface area contributed by atoms with E-state index in [9.17, 15) is 24.5 Å². The monoisotopic (exact) mass is 630 g/mol. The predicted molar refractivity (Wildman–Crippen MR) is 159 cm³/mol. The molecule has 0 heterocycles. The number of hydrogen-bond acceptors (Lipinski definition) is 8. The molecule has 4 aromatic rings. The lowest BCUT2D eigenvalue weighted by atomic mass is 10.1. The number of anilines is 1. The molecule has 42 heavy (non-hydrogen) atoms. The molecule has 2 N–H and O–H groups in total. The number of nitrogens with one attached hydrogen (secondary N) is 2. The molecular weight excluding hydrogens is 608 g/mol. The van der Waals surface area contributed by atoms with Crippen molar-refractivity contribution in [2.24, 2.45) is 5.10 Å². The average molecular weight is 631 g/mol. The first-order valence-corrected chi connectivity index (χ1v) is 13.3. The Bertz CT molecular complexity index is 1660. The van der Waals surface area contributed by atoms with E-state index in [0.29, 0.717) is 29.2 Å². The summed E-state index contributed by atoms with van der Waals surface area (Å²) in [5, 5.41) is 17.5. The van der Waals surface area contributed by atoms with E-state index < -0.39 is 22.7 Å². The van der Waals surface area contributed by atoms with Crippen LogP contribution in [-0.2, 0) is 0 Å². The van der Waals surface area contributed by atoms with Crippen LogP contribution >= 0.6 is 15.9 Å². The summed E-state index contributed by atoms with van der Waals surface area (Å²) in [4.78, 5) is 47.9. The third-order valence-corrected chi connectivity index (χ3v) is 6.18. The number of hydrogen-bond donors (Lipinski definition) is 2. The molecule has 4 aromatic carbocycles. The Kier molecular flexibility index (Phi) is 9.74. The number of hydrazone groups is 1. The number of benzene rings is 4. The average Bonchev–Trinajstić information content (AvgIpc) is 2.99. The van der Waals surface area contributed by atoms with Crippen LogP contribution in [0.3, 0.4) is 0 Å². The SMILES string of the molecule is CCOc1cc(C=NNC(=O)c2cccc(NC(=O)c3ccc([N+](=O)[O-])cc3)c2)ccc1OC(=O)c1ccc(Br)cc1. The highest BCUT2D eigenvalue weighted by molar-refractivity contribution is 9.10. The Labute approximate surface area is 248 Å². The number of carbonyl (C=O) groups is 3. The van der Waals surface area contributed by atoms with Gasteiger partial charge < -0.3 is 14.8 Å². The number of ether oxygens (including phenoxy) is 2. The molecule has 212 valence electrons. The lowest BCUT2D eigenvalue weighted by molar-refractivity contribution is -0.384. The largest absolute Gasteiger partial charge is 0.490 e. The topological polar surface area (TPSA) is 149 Å². The van der Waals surface area contributed by atoms with E-state index >= 15 is 0 Å². The van der Waals surface area contributed by atoms with Gasteiger partial charge in [-0.15, -0.1) is 0 Å². The van der Waals surface area contributed by atoms with Crippen LogP contribution in [0.2, 0.25) is 0 Å². The molecule has 12 heteroatoms. The maximum Gasteiger partial charge on any atom is 0.343 e. The molecule has 0 aliphatic rings. The minimum Gasteiger partial charge on any atom is -0.490 e. The Morgan fingerprint density at radius 1 is 0.881 bits per heavy atom. The second-order valence-electron chi connectivity index (χ2n) is 8.57. The zero-order valence-corrected chi connectivity index (χ0v) is 23.7. The molecule has 0 spiro atoms. The van der Waals surface area contributed by atoms with Crippen molar-refractivity contribution in [3.63, 3.8) is 0 Å². The summed E-state index contributed by atoms with van der Waals surface area (Å²) in [5.74, 6) is -0.990. The van der Waals surface area contributed by atoms with Gasteiger partial charge >= 0.3 is 5.97 Å². The maximum absolute atomic E-state index is 12.7. The van der Waals surface area contributed by atoms with E-state index in [1.165, 1.54) is 36.5 Å². The summed E-state index contributed by atoms with van der Waals surface area (Å²) in [6.07, 6.45) is 1.40. The molecule has 0 aliphatic carbocycles. The van der Waals surface area contributed by atoms with Gasteiger partial charge in [0.25, 0.3) is 17.5 Å². The number of carbonyl (C=O) groups excluding carboxylic acids is 3. The highest BCUT2D eigenvalue weighted by Gasteiger charge is 2.14. The lowest BCUT2D eigenvalue weighted by Crippen LogP contribution is -2.18. The number of halogens is 1. The van der Waals surface area contributed by atoms with Gasteiger partial charge in [-0.25, -0.2) is 10.2 Å². The van der Waals surface area contributed by atoms with Crippen LogP contribution in [0.15, 0.2) is 101 Å². The van der Waals surface area contributed by atoms with Gasteiger partial charge in [-0.1, -0.05) is 22.0 Å². The fourth-order valence-corrected chi connectivity index (χ4v) is 3.87. The quantitative estimate of drug-likeness (QED) is 0.0718. The van der Waals surface area contributed by atoms with Gasteiger partial charge in [-0.05, 0) is 85.3 Å². The second kappa shape index (κ2) is 13.8. The summed E-state index contributed by atoms with van der Waals surface area (Å²) in [6, 6.07) is 23.0. The molecule has 0 aliphatic heterocycles.